The van der Waals surface area contributed by atoms with Crippen LogP contribution < -0.4 is 0 Å². The second-order valence-corrected chi connectivity index (χ2v) is 8.16. The van der Waals surface area contributed by atoms with Gasteiger partial charge >= 0.3 is 0 Å². The lowest BCUT2D eigenvalue weighted by Crippen LogP contribution is -2.38. The maximum atomic E-state index is 12.9. The van der Waals surface area contributed by atoms with Gasteiger partial charge in [-0.1, -0.05) is 12.1 Å². The van der Waals surface area contributed by atoms with E-state index in [0.29, 0.717) is 13.1 Å². The van der Waals surface area contributed by atoms with Crippen LogP contribution in [0.2, 0.25) is 0 Å². The molecule has 0 spiro atoms. The van der Waals surface area contributed by atoms with E-state index >= 15 is 0 Å². The zero-order chi connectivity index (χ0) is 19.3. The Kier molecular flexibility index (Phi) is 4.27. The summed E-state index contributed by atoms with van der Waals surface area (Å²) in [5.74, 6) is 0.417. The normalized spacial score (nSPS) is 19.6. The largest absolute Gasteiger partial charge is 0.376 e. The molecule has 1 aliphatic carbocycles. The zero-order valence-electron chi connectivity index (χ0n) is 16.4. The molecule has 1 aromatic carbocycles. The SMILES string of the molecule is Cc1ccc2cc(CN(CC3CCCO3)C(=O)C3CC3)c3nnnn3c2c1C. The fourth-order valence-corrected chi connectivity index (χ4v) is 4.19. The molecule has 0 N–H and O–H groups in total. The van der Waals surface area contributed by atoms with Crippen LogP contribution in [0.1, 0.15) is 42.4 Å². The van der Waals surface area contributed by atoms with E-state index in [-0.39, 0.29) is 17.9 Å². The molecule has 2 fully saturated rings. The number of ether oxygens (including phenoxy) is 1. The number of nitrogens with zero attached hydrogens (tertiary/aromatic N) is 5. The van der Waals surface area contributed by atoms with E-state index in [9.17, 15) is 4.79 Å². The lowest BCUT2D eigenvalue weighted by Gasteiger charge is -2.26. The molecule has 5 rings (SSSR count). The number of pyridine rings is 1. The fourth-order valence-electron chi connectivity index (χ4n) is 4.19. The number of aromatic nitrogens is 4. The Balaban J connectivity index is 1.55. The Morgan fingerprint density at radius 1 is 1.29 bits per heavy atom. The van der Waals surface area contributed by atoms with Gasteiger partial charge in [0.05, 0.1) is 11.6 Å². The molecule has 146 valence electrons. The highest BCUT2D eigenvalue weighted by atomic mass is 16.5. The molecule has 3 heterocycles. The maximum absolute atomic E-state index is 12.9. The monoisotopic (exact) mass is 379 g/mol. The van der Waals surface area contributed by atoms with Crippen LogP contribution in [0.4, 0.5) is 0 Å². The van der Waals surface area contributed by atoms with Crippen LogP contribution in [0.15, 0.2) is 18.2 Å². The van der Waals surface area contributed by atoms with Crippen molar-refractivity contribution in [1.82, 2.24) is 24.9 Å². The predicted octanol–water partition coefficient (Wildman–Crippen LogP) is 2.81. The Hall–Kier alpha value is -2.54. The molecule has 7 heteroatoms. The van der Waals surface area contributed by atoms with Crippen LogP contribution >= 0.6 is 0 Å². The summed E-state index contributed by atoms with van der Waals surface area (Å²) in [4.78, 5) is 14.9. The van der Waals surface area contributed by atoms with Crippen molar-refractivity contribution in [2.24, 2.45) is 5.92 Å². The average molecular weight is 379 g/mol. The minimum absolute atomic E-state index is 0.139. The van der Waals surface area contributed by atoms with Crippen LogP contribution in [0, 0.1) is 19.8 Å². The molecule has 1 saturated carbocycles. The number of carbonyl (C=O) groups excluding carboxylic acids is 1. The summed E-state index contributed by atoms with van der Waals surface area (Å²) in [6.07, 6.45) is 4.23. The van der Waals surface area contributed by atoms with Gasteiger partial charge in [-0.05, 0) is 67.2 Å². The number of tetrazole rings is 1. The zero-order valence-corrected chi connectivity index (χ0v) is 16.4. The van der Waals surface area contributed by atoms with E-state index in [2.05, 4.69) is 47.6 Å². The first-order valence-corrected chi connectivity index (χ1v) is 10.1. The van der Waals surface area contributed by atoms with Gasteiger partial charge in [-0.15, -0.1) is 5.10 Å². The lowest BCUT2D eigenvalue weighted by molar-refractivity contribution is -0.134. The van der Waals surface area contributed by atoms with E-state index in [1.165, 1.54) is 11.1 Å². The van der Waals surface area contributed by atoms with Crippen molar-refractivity contribution in [2.45, 2.75) is 52.2 Å². The van der Waals surface area contributed by atoms with Crippen molar-refractivity contribution < 1.29 is 9.53 Å². The molecule has 7 nitrogen and oxygen atoms in total. The van der Waals surface area contributed by atoms with Crippen molar-refractivity contribution in [1.29, 1.82) is 0 Å². The third kappa shape index (κ3) is 3.03. The number of carbonyl (C=O) groups is 1. The van der Waals surface area contributed by atoms with E-state index in [1.807, 2.05) is 9.42 Å². The van der Waals surface area contributed by atoms with Gasteiger partial charge in [0.1, 0.15) is 0 Å². The van der Waals surface area contributed by atoms with Crippen LogP contribution in [-0.2, 0) is 16.1 Å². The Bertz CT molecular complexity index is 1050. The summed E-state index contributed by atoms with van der Waals surface area (Å²) in [6, 6.07) is 6.36. The molecule has 1 saturated heterocycles. The minimum Gasteiger partial charge on any atom is -0.376 e. The minimum atomic E-state index is 0.139. The highest BCUT2D eigenvalue weighted by molar-refractivity contribution is 5.87. The summed E-state index contributed by atoms with van der Waals surface area (Å²) < 4.78 is 7.62. The quantitative estimate of drug-likeness (QED) is 0.682. The molecule has 28 heavy (non-hydrogen) atoms. The number of amides is 1. The molecule has 0 bridgehead atoms. The standard InChI is InChI=1S/C21H25N5O2/c1-13-5-6-16-10-17(20-22-23-24-26(20)19(16)14(13)2)11-25(21(27)15-7-8-15)12-18-4-3-9-28-18/h5-6,10,15,18H,3-4,7-9,11-12H2,1-2H3. The number of fused-ring (bicyclic) bond motifs is 3. The van der Waals surface area contributed by atoms with E-state index in [4.69, 9.17) is 4.74 Å². The third-order valence-electron chi connectivity index (χ3n) is 6.08. The molecule has 2 aliphatic rings. The van der Waals surface area contributed by atoms with Crippen molar-refractivity contribution >= 4 is 22.5 Å². The molecule has 3 aromatic rings. The predicted molar refractivity (Wildman–Crippen MR) is 105 cm³/mol. The van der Waals surface area contributed by atoms with E-state index < -0.39 is 0 Å². The van der Waals surface area contributed by atoms with Gasteiger partial charge < -0.3 is 9.64 Å². The van der Waals surface area contributed by atoms with Gasteiger partial charge in [0.25, 0.3) is 0 Å². The Labute approximate surface area is 163 Å². The van der Waals surface area contributed by atoms with Crippen LogP contribution in [0.25, 0.3) is 16.6 Å². The molecule has 0 radical (unpaired) electrons. The number of hydrogen-bond acceptors (Lipinski definition) is 5. The molecule has 1 amide bonds. The van der Waals surface area contributed by atoms with Gasteiger partial charge in [-0.3, -0.25) is 4.79 Å². The summed E-state index contributed by atoms with van der Waals surface area (Å²) >= 11 is 0. The topological polar surface area (TPSA) is 72.6 Å². The van der Waals surface area contributed by atoms with Gasteiger partial charge in [0.15, 0.2) is 5.65 Å². The van der Waals surface area contributed by atoms with Gasteiger partial charge in [0, 0.05) is 36.6 Å². The van der Waals surface area contributed by atoms with E-state index in [0.717, 1.165) is 54.4 Å². The molecule has 2 aromatic heterocycles. The second-order valence-electron chi connectivity index (χ2n) is 8.16. The van der Waals surface area contributed by atoms with Crippen LogP contribution in [0.3, 0.4) is 0 Å². The first kappa shape index (κ1) is 17.6. The molecule has 1 atom stereocenters. The molecular formula is C21H25N5O2. The summed E-state index contributed by atoms with van der Waals surface area (Å²) in [7, 11) is 0. The van der Waals surface area contributed by atoms with Crippen molar-refractivity contribution in [2.75, 3.05) is 13.2 Å². The summed E-state index contributed by atoms with van der Waals surface area (Å²) in [5.41, 5.74) is 5.12. The Morgan fingerprint density at radius 2 is 2.14 bits per heavy atom. The van der Waals surface area contributed by atoms with Gasteiger partial charge in [0.2, 0.25) is 5.91 Å². The van der Waals surface area contributed by atoms with Crippen molar-refractivity contribution in [3.05, 3.63) is 34.9 Å². The fraction of sp³-hybridized carbons (Fsp3) is 0.524. The summed E-state index contributed by atoms with van der Waals surface area (Å²) in [5, 5.41) is 13.5. The summed E-state index contributed by atoms with van der Waals surface area (Å²) in [6.45, 7) is 6.15. The van der Waals surface area contributed by atoms with Crippen LogP contribution in [0.5, 0.6) is 0 Å². The highest BCUT2D eigenvalue weighted by Gasteiger charge is 2.35. The number of hydrogen-bond donors (Lipinski definition) is 0. The first-order chi connectivity index (χ1) is 13.6. The van der Waals surface area contributed by atoms with Gasteiger partial charge in [-0.2, -0.15) is 4.52 Å². The smallest absolute Gasteiger partial charge is 0.226 e. The van der Waals surface area contributed by atoms with Crippen LogP contribution in [-0.4, -0.2) is 50.1 Å². The van der Waals surface area contributed by atoms with Crippen molar-refractivity contribution in [3.8, 4) is 0 Å². The first-order valence-electron chi connectivity index (χ1n) is 10.1. The molecule has 1 aliphatic heterocycles. The molecule has 1 unspecified atom stereocenters. The highest BCUT2D eigenvalue weighted by Crippen LogP contribution is 2.33. The molecular weight excluding hydrogens is 354 g/mol. The lowest BCUT2D eigenvalue weighted by atomic mass is 10.0. The van der Waals surface area contributed by atoms with Gasteiger partial charge in [-0.25, -0.2) is 0 Å². The maximum Gasteiger partial charge on any atom is 0.226 e. The number of rotatable bonds is 5. The second kappa shape index (κ2) is 6.81. The number of benzene rings is 1. The van der Waals surface area contributed by atoms with E-state index in [1.54, 1.807) is 0 Å². The average Bonchev–Trinajstić information content (AvgIpc) is 3.19. The third-order valence-corrected chi connectivity index (χ3v) is 6.08. The number of aryl methyl sites for hydroxylation is 2. The van der Waals surface area contributed by atoms with Crippen molar-refractivity contribution in [3.63, 3.8) is 0 Å². The Morgan fingerprint density at radius 3 is 2.89 bits per heavy atom.